The SMILES string of the molecule is CCCCC/C=C\C/C=C\C/C(=C/C/C=C\CCCC(=O)O)OO. The summed E-state index contributed by atoms with van der Waals surface area (Å²) >= 11 is 0. The maximum atomic E-state index is 10.4. The summed E-state index contributed by atoms with van der Waals surface area (Å²) in [7, 11) is 0. The molecule has 24 heavy (non-hydrogen) atoms. The van der Waals surface area contributed by atoms with E-state index >= 15 is 0 Å². The van der Waals surface area contributed by atoms with Crippen molar-refractivity contribution in [3.8, 4) is 0 Å². The molecule has 0 bridgehead atoms. The van der Waals surface area contributed by atoms with Gasteiger partial charge in [-0.15, -0.1) is 0 Å². The minimum absolute atomic E-state index is 0.197. The fraction of sp³-hybridized carbons (Fsp3) is 0.550. The average Bonchev–Trinajstić information content (AvgIpc) is 2.57. The molecule has 0 aromatic heterocycles. The summed E-state index contributed by atoms with van der Waals surface area (Å²) in [5.41, 5.74) is 0. The zero-order valence-corrected chi connectivity index (χ0v) is 14.8. The number of unbranched alkanes of at least 4 members (excludes halogenated alkanes) is 4. The van der Waals surface area contributed by atoms with Crippen molar-refractivity contribution in [2.45, 2.75) is 71.1 Å². The number of carbonyl (C=O) groups is 1. The van der Waals surface area contributed by atoms with Gasteiger partial charge in [0.2, 0.25) is 0 Å². The van der Waals surface area contributed by atoms with E-state index in [4.69, 9.17) is 10.4 Å². The first kappa shape index (κ1) is 22.2. The van der Waals surface area contributed by atoms with E-state index in [1.165, 1.54) is 19.3 Å². The Labute approximate surface area is 146 Å². The number of hydrogen-bond acceptors (Lipinski definition) is 3. The zero-order valence-electron chi connectivity index (χ0n) is 14.8. The number of aliphatic carboxylic acids is 1. The molecule has 2 N–H and O–H groups in total. The van der Waals surface area contributed by atoms with Gasteiger partial charge >= 0.3 is 5.97 Å². The van der Waals surface area contributed by atoms with E-state index in [1.807, 2.05) is 24.3 Å². The van der Waals surface area contributed by atoms with Gasteiger partial charge in [-0.05, 0) is 44.6 Å². The minimum atomic E-state index is -0.762. The van der Waals surface area contributed by atoms with Crippen LogP contribution >= 0.6 is 0 Å². The molecule has 0 aliphatic rings. The second-order valence-electron chi connectivity index (χ2n) is 5.63. The molecule has 4 nitrogen and oxygen atoms in total. The molecule has 0 rings (SSSR count). The quantitative estimate of drug-likeness (QED) is 0.126. The first-order chi connectivity index (χ1) is 11.7. The summed E-state index contributed by atoms with van der Waals surface area (Å²) in [5.74, 6) is -0.241. The predicted octanol–water partition coefficient (Wildman–Crippen LogP) is 6.03. The van der Waals surface area contributed by atoms with Gasteiger partial charge in [-0.25, -0.2) is 5.26 Å². The molecule has 0 saturated heterocycles. The number of hydrogen-bond donors (Lipinski definition) is 2. The highest BCUT2D eigenvalue weighted by Gasteiger charge is 1.94. The number of allylic oxidation sites excluding steroid dienone is 7. The topological polar surface area (TPSA) is 66.8 Å². The molecule has 0 aliphatic carbocycles. The van der Waals surface area contributed by atoms with E-state index in [2.05, 4.69) is 30.0 Å². The maximum absolute atomic E-state index is 10.4. The van der Waals surface area contributed by atoms with Crippen molar-refractivity contribution in [1.29, 1.82) is 0 Å². The van der Waals surface area contributed by atoms with Crippen LogP contribution in [0.2, 0.25) is 0 Å². The van der Waals surface area contributed by atoms with Crippen LogP contribution in [0.3, 0.4) is 0 Å². The predicted molar refractivity (Wildman–Crippen MR) is 98.7 cm³/mol. The molecule has 0 fully saturated rings. The molecule has 0 heterocycles. The van der Waals surface area contributed by atoms with Crippen LogP contribution in [0.25, 0.3) is 0 Å². The van der Waals surface area contributed by atoms with Crippen molar-refractivity contribution in [2.24, 2.45) is 0 Å². The van der Waals surface area contributed by atoms with Crippen molar-refractivity contribution in [3.05, 3.63) is 48.3 Å². The van der Waals surface area contributed by atoms with Crippen LogP contribution in [0.4, 0.5) is 0 Å². The monoisotopic (exact) mass is 336 g/mol. The normalized spacial score (nSPS) is 12.7. The van der Waals surface area contributed by atoms with Gasteiger partial charge in [0.25, 0.3) is 0 Å². The summed E-state index contributed by atoms with van der Waals surface area (Å²) in [6.45, 7) is 2.20. The lowest BCUT2D eigenvalue weighted by molar-refractivity contribution is -0.204. The molecule has 0 amide bonds. The van der Waals surface area contributed by atoms with Crippen molar-refractivity contribution in [1.82, 2.24) is 0 Å². The lowest BCUT2D eigenvalue weighted by atomic mass is 10.2. The fourth-order valence-electron chi connectivity index (χ4n) is 2.04. The first-order valence-electron chi connectivity index (χ1n) is 8.88. The highest BCUT2D eigenvalue weighted by molar-refractivity contribution is 5.66. The van der Waals surface area contributed by atoms with E-state index in [0.717, 1.165) is 19.3 Å². The fourth-order valence-corrected chi connectivity index (χ4v) is 2.04. The zero-order chi connectivity index (χ0) is 17.9. The Morgan fingerprint density at radius 3 is 2.25 bits per heavy atom. The van der Waals surface area contributed by atoms with Crippen molar-refractivity contribution >= 4 is 5.97 Å². The minimum Gasteiger partial charge on any atom is -0.481 e. The summed E-state index contributed by atoms with van der Waals surface area (Å²) < 4.78 is 0. The highest BCUT2D eigenvalue weighted by atomic mass is 17.1. The van der Waals surface area contributed by atoms with Gasteiger partial charge in [-0.1, -0.05) is 56.2 Å². The van der Waals surface area contributed by atoms with Crippen LogP contribution in [-0.4, -0.2) is 16.3 Å². The summed E-state index contributed by atoms with van der Waals surface area (Å²) in [6, 6.07) is 0. The van der Waals surface area contributed by atoms with Crippen LogP contribution in [0, 0.1) is 0 Å². The number of carboxylic acid groups (broad SMARTS) is 1. The third-order valence-electron chi connectivity index (χ3n) is 3.43. The van der Waals surface area contributed by atoms with Gasteiger partial charge in [0.1, 0.15) is 5.76 Å². The third kappa shape index (κ3) is 16.6. The molecular weight excluding hydrogens is 304 g/mol. The van der Waals surface area contributed by atoms with E-state index in [1.54, 1.807) is 0 Å². The van der Waals surface area contributed by atoms with Gasteiger partial charge in [0.05, 0.1) is 0 Å². The van der Waals surface area contributed by atoms with Gasteiger partial charge in [-0.2, -0.15) is 0 Å². The highest BCUT2D eigenvalue weighted by Crippen LogP contribution is 2.07. The third-order valence-corrected chi connectivity index (χ3v) is 3.43. The van der Waals surface area contributed by atoms with Crippen LogP contribution < -0.4 is 0 Å². The van der Waals surface area contributed by atoms with Gasteiger partial charge in [0, 0.05) is 12.8 Å². The smallest absolute Gasteiger partial charge is 0.303 e. The van der Waals surface area contributed by atoms with E-state index in [-0.39, 0.29) is 6.42 Å². The second kappa shape index (κ2) is 17.5. The molecular formula is C20H32O4. The Balaban J connectivity index is 3.82. The molecule has 0 unspecified atom stereocenters. The van der Waals surface area contributed by atoms with Crippen LogP contribution in [0.15, 0.2) is 48.3 Å². The van der Waals surface area contributed by atoms with E-state index < -0.39 is 5.97 Å². The molecule has 136 valence electrons. The molecule has 4 heteroatoms. The maximum Gasteiger partial charge on any atom is 0.303 e. The molecule has 0 aromatic rings. The Hall–Kier alpha value is -1.81. The van der Waals surface area contributed by atoms with Crippen LogP contribution in [-0.2, 0) is 9.68 Å². The lowest BCUT2D eigenvalue weighted by Crippen LogP contribution is -1.92. The largest absolute Gasteiger partial charge is 0.481 e. The number of rotatable bonds is 15. The standard InChI is InChI=1S/C20H32O4/c1-2-3-4-5-6-7-8-10-13-16-19(24-23)17-14-11-9-12-15-18-20(21)22/h6-7,9-11,13,17,23H,2-5,8,12,14-16,18H2,1H3,(H,21,22)/b7-6-,11-9-,13-10-,19-17-. The Bertz CT molecular complexity index is 419. The Morgan fingerprint density at radius 2 is 1.58 bits per heavy atom. The van der Waals surface area contributed by atoms with Gasteiger partial charge < -0.3 is 9.99 Å². The summed E-state index contributed by atoms with van der Waals surface area (Å²) in [6.07, 6.45) is 22.8. The van der Waals surface area contributed by atoms with Crippen LogP contribution in [0.5, 0.6) is 0 Å². The van der Waals surface area contributed by atoms with E-state index in [0.29, 0.717) is 25.0 Å². The average molecular weight is 336 g/mol. The van der Waals surface area contributed by atoms with Crippen molar-refractivity contribution in [2.75, 3.05) is 0 Å². The second-order valence-corrected chi connectivity index (χ2v) is 5.63. The molecule has 0 saturated carbocycles. The Kier molecular flexibility index (Phi) is 16.2. The van der Waals surface area contributed by atoms with E-state index in [9.17, 15) is 4.79 Å². The Morgan fingerprint density at radius 1 is 0.917 bits per heavy atom. The summed E-state index contributed by atoms with van der Waals surface area (Å²) in [5, 5.41) is 17.4. The first-order valence-corrected chi connectivity index (χ1v) is 8.88. The van der Waals surface area contributed by atoms with Gasteiger partial charge in [-0.3, -0.25) is 4.79 Å². The molecule has 0 aliphatic heterocycles. The molecule has 0 aromatic carbocycles. The van der Waals surface area contributed by atoms with Crippen molar-refractivity contribution in [3.63, 3.8) is 0 Å². The molecule has 0 spiro atoms. The van der Waals surface area contributed by atoms with Gasteiger partial charge in [0.15, 0.2) is 0 Å². The van der Waals surface area contributed by atoms with Crippen molar-refractivity contribution < 1.29 is 20.0 Å². The summed E-state index contributed by atoms with van der Waals surface area (Å²) in [4.78, 5) is 14.7. The number of carboxylic acids is 1. The molecule has 0 atom stereocenters. The van der Waals surface area contributed by atoms with Crippen LogP contribution in [0.1, 0.15) is 71.1 Å². The lowest BCUT2D eigenvalue weighted by Gasteiger charge is -1.98. The molecule has 0 radical (unpaired) electrons.